The first-order chi connectivity index (χ1) is 13.2. The van der Waals surface area contributed by atoms with E-state index in [0.29, 0.717) is 23.7 Å². The first kappa shape index (κ1) is 18.0. The van der Waals surface area contributed by atoms with E-state index in [-0.39, 0.29) is 17.2 Å². The Labute approximate surface area is 155 Å². The molecule has 0 atom stereocenters. The van der Waals surface area contributed by atoms with Crippen molar-refractivity contribution in [1.82, 2.24) is 9.97 Å². The molecule has 4 N–H and O–H groups in total. The number of nitrogens with one attached hydrogen (secondary N) is 2. The molecule has 0 fully saturated rings. The van der Waals surface area contributed by atoms with Crippen molar-refractivity contribution in [2.24, 2.45) is 5.84 Å². The van der Waals surface area contributed by atoms with Crippen molar-refractivity contribution in [2.45, 2.75) is 6.61 Å². The number of nitriles is 1. The summed E-state index contributed by atoms with van der Waals surface area (Å²) >= 11 is 0. The number of nitrogens with zero attached hydrogens (tertiary/aromatic N) is 2. The van der Waals surface area contributed by atoms with Crippen LogP contribution in [0.15, 0.2) is 53.3 Å². The second-order valence-electron chi connectivity index (χ2n) is 5.53. The van der Waals surface area contributed by atoms with Crippen LogP contribution in [0, 0.1) is 11.3 Å². The van der Waals surface area contributed by atoms with E-state index in [1.54, 1.807) is 18.2 Å². The van der Waals surface area contributed by atoms with Crippen LogP contribution in [0.25, 0.3) is 11.3 Å². The predicted molar refractivity (Wildman–Crippen MR) is 100 cm³/mol. The number of hydrogen-bond acceptors (Lipinski definition) is 7. The molecule has 0 unspecified atom stereocenters. The van der Waals surface area contributed by atoms with Gasteiger partial charge in [-0.25, -0.2) is 10.8 Å². The molecule has 0 aliphatic rings. The maximum atomic E-state index is 12.0. The van der Waals surface area contributed by atoms with Crippen LogP contribution >= 0.6 is 0 Å². The molecule has 136 valence electrons. The minimum Gasteiger partial charge on any atom is -0.493 e. The first-order valence-electron chi connectivity index (χ1n) is 8.02. The molecule has 2 aromatic carbocycles. The number of hydrogen-bond donors (Lipinski definition) is 3. The monoisotopic (exact) mass is 363 g/mol. The van der Waals surface area contributed by atoms with Gasteiger partial charge in [-0.1, -0.05) is 30.3 Å². The lowest BCUT2D eigenvalue weighted by Crippen LogP contribution is -2.20. The number of rotatable bonds is 6. The third-order valence-electron chi connectivity index (χ3n) is 3.84. The Bertz CT molecular complexity index is 1040. The van der Waals surface area contributed by atoms with Crippen LogP contribution in [0.1, 0.15) is 11.1 Å². The zero-order valence-electron chi connectivity index (χ0n) is 14.5. The molecule has 8 nitrogen and oxygen atoms in total. The van der Waals surface area contributed by atoms with E-state index in [9.17, 15) is 10.1 Å². The van der Waals surface area contributed by atoms with Crippen LogP contribution in [0.2, 0.25) is 0 Å². The van der Waals surface area contributed by atoms with Crippen LogP contribution in [-0.4, -0.2) is 17.1 Å². The molecular weight excluding hydrogens is 346 g/mol. The molecule has 0 saturated heterocycles. The van der Waals surface area contributed by atoms with Crippen molar-refractivity contribution in [2.75, 3.05) is 12.5 Å². The largest absolute Gasteiger partial charge is 0.493 e. The molecule has 0 bridgehead atoms. The number of H-pyrrole nitrogens is 1. The van der Waals surface area contributed by atoms with Gasteiger partial charge in [-0.2, -0.15) is 5.26 Å². The van der Waals surface area contributed by atoms with Gasteiger partial charge in [0, 0.05) is 5.56 Å². The fourth-order valence-electron chi connectivity index (χ4n) is 2.52. The lowest BCUT2D eigenvalue weighted by Gasteiger charge is -2.13. The molecule has 1 aromatic heterocycles. The summed E-state index contributed by atoms with van der Waals surface area (Å²) < 4.78 is 11.2. The quantitative estimate of drug-likeness (QED) is 0.452. The Morgan fingerprint density at radius 1 is 1.22 bits per heavy atom. The minimum absolute atomic E-state index is 0.0531. The lowest BCUT2D eigenvalue weighted by molar-refractivity contribution is 0.284. The summed E-state index contributed by atoms with van der Waals surface area (Å²) in [5.41, 5.74) is 3.32. The summed E-state index contributed by atoms with van der Waals surface area (Å²) in [6.07, 6.45) is 0. The highest BCUT2D eigenvalue weighted by molar-refractivity contribution is 5.70. The topological polar surface area (TPSA) is 126 Å². The van der Waals surface area contributed by atoms with Gasteiger partial charge in [-0.05, 0) is 23.8 Å². The van der Waals surface area contributed by atoms with Gasteiger partial charge >= 0.3 is 0 Å². The summed E-state index contributed by atoms with van der Waals surface area (Å²) in [6.45, 7) is 0.379. The summed E-state index contributed by atoms with van der Waals surface area (Å²) in [5, 5.41) is 9.30. The second-order valence-corrected chi connectivity index (χ2v) is 5.53. The average Bonchev–Trinajstić information content (AvgIpc) is 2.72. The number of hydrazine groups is 1. The summed E-state index contributed by atoms with van der Waals surface area (Å²) in [7, 11) is 1.51. The van der Waals surface area contributed by atoms with Gasteiger partial charge in [0.2, 0.25) is 5.95 Å². The summed E-state index contributed by atoms with van der Waals surface area (Å²) in [5.74, 6) is 6.36. The maximum Gasteiger partial charge on any atom is 0.270 e. The minimum atomic E-state index is -0.584. The lowest BCUT2D eigenvalue weighted by atomic mass is 10.1. The van der Waals surface area contributed by atoms with Crippen LogP contribution in [0.4, 0.5) is 5.95 Å². The molecule has 0 aliphatic heterocycles. The number of aromatic amines is 1. The smallest absolute Gasteiger partial charge is 0.270 e. The summed E-state index contributed by atoms with van der Waals surface area (Å²) in [6, 6.07) is 16.7. The van der Waals surface area contributed by atoms with Crippen LogP contribution in [0.3, 0.4) is 0 Å². The van der Waals surface area contributed by atoms with E-state index in [4.69, 9.17) is 15.3 Å². The van der Waals surface area contributed by atoms with Crippen molar-refractivity contribution in [3.05, 3.63) is 70.0 Å². The Morgan fingerprint density at radius 3 is 2.67 bits per heavy atom. The third-order valence-corrected chi connectivity index (χ3v) is 3.84. The molecule has 0 spiro atoms. The van der Waals surface area contributed by atoms with Crippen molar-refractivity contribution in [3.8, 4) is 28.8 Å². The molecule has 3 rings (SSSR count). The van der Waals surface area contributed by atoms with Gasteiger partial charge in [0.15, 0.2) is 11.5 Å². The van der Waals surface area contributed by atoms with E-state index in [2.05, 4.69) is 15.4 Å². The standard InChI is InChI=1S/C19H17N5O3/c1-26-16-9-13(17-14(10-20)18(25)23-19(22-17)24-21)7-8-15(16)27-11-12-5-3-2-4-6-12/h2-9H,11,21H2,1H3,(H2,22,23,24,25). The number of ether oxygens (including phenoxy) is 2. The molecule has 0 radical (unpaired) electrons. The van der Waals surface area contributed by atoms with Crippen molar-refractivity contribution >= 4 is 5.95 Å². The average molecular weight is 363 g/mol. The Kier molecular flexibility index (Phi) is 5.35. The Hall–Kier alpha value is -3.83. The SMILES string of the molecule is COc1cc(-c2nc(NN)[nH]c(=O)c2C#N)ccc1OCc1ccccc1. The van der Waals surface area contributed by atoms with E-state index in [1.165, 1.54) is 7.11 Å². The van der Waals surface area contributed by atoms with E-state index in [0.717, 1.165) is 5.56 Å². The second kappa shape index (κ2) is 8.03. The number of nitrogens with two attached hydrogens (primary N) is 1. The van der Waals surface area contributed by atoms with E-state index >= 15 is 0 Å². The van der Waals surface area contributed by atoms with E-state index < -0.39 is 5.56 Å². The molecule has 0 aliphatic carbocycles. The van der Waals surface area contributed by atoms with Crippen LogP contribution in [0.5, 0.6) is 11.5 Å². The highest BCUT2D eigenvalue weighted by Crippen LogP contribution is 2.33. The third kappa shape index (κ3) is 3.89. The van der Waals surface area contributed by atoms with Crippen molar-refractivity contribution in [3.63, 3.8) is 0 Å². The van der Waals surface area contributed by atoms with Gasteiger partial charge in [0.1, 0.15) is 18.2 Å². The van der Waals surface area contributed by atoms with Gasteiger partial charge in [-0.3, -0.25) is 15.2 Å². The zero-order chi connectivity index (χ0) is 19.2. The molecule has 0 saturated carbocycles. The maximum absolute atomic E-state index is 12.0. The van der Waals surface area contributed by atoms with Gasteiger partial charge < -0.3 is 9.47 Å². The fraction of sp³-hybridized carbons (Fsp3) is 0.105. The fourth-order valence-corrected chi connectivity index (χ4v) is 2.52. The number of methoxy groups -OCH3 is 1. The molecule has 1 heterocycles. The number of benzene rings is 2. The molecule has 0 amide bonds. The molecule has 8 heteroatoms. The summed E-state index contributed by atoms with van der Waals surface area (Å²) in [4.78, 5) is 18.6. The van der Waals surface area contributed by atoms with Crippen molar-refractivity contribution < 1.29 is 9.47 Å². The molecular formula is C19H17N5O3. The normalized spacial score (nSPS) is 10.1. The van der Waals surface area contributed by atoms with Gasteiger partial charge in [0.25, 0.3) is 5.56 Å². The number of aromatic nitrogens is 2. The number of nitrogen functional groups attached to an aromatic ring is 1. The van der Waals surface area contributed by atoms with Crippen LogP contribution in [-0.2, 0) is 6.61 Å². The highest BCUT2D eigenvalue weighted by Gasteiger charge is 2.15. The predicted octanol–water partition coefficient (Wildman–Crippen LogP) is 2.18. The van der Waals surface area contributed by atoms with Crippen molar-refractivity contribution in [1.29, 1.82) is 5.26 Å². The van der Waals surface area contributed by atoms with Gasteiger partial charge in [0.05, 0.1) is 12.8 Å². The Balaban J connectivity index is 1.96. The van der Waals surface area contributed by atoms with Gasteiger partial charge in [-0.15, -0.1) is 0 Å². The van der Waals surface area contributed by atoms with Crippen LogP contribution < -0.4 is 26.3 Å². The first-order valence-corrected chi connectivity index (χ1v) is 8.02. The Morgan fingerprint density at radius 2 is 2.00 bits per heavy atom. The van der Waals surface area contributed by atoms with E-state index in [1.807, 2.05) is 36.4 Å². The number of anilines is 1. The molecule has 3 aromatic rings. The molecule has 27 heavy (non-hydrogen) atoms. The highest BCUT2D eigenvalue weighted by atomic mass is 16.5. The zero-order valence-corrected chi connectivity index (χ0v) is 14.5.